The van der Waals surface area contributed by atoms with E-state index in [0.717, 1.165) is 22.4 Å². The van der Waals surface area contributed by atoms with Crippen LogP contribution >= 0.6 is 0 Å². The maximum atomic E-state index is 12.5. The molecule has 25 heavy (non-hydrogen) atoms. The number of benzene rings is 2. The average molecular weight is 353 g/mol. The summed E-state index contributed by atoms with van der Waals surface area (Å²) in [5.41, 5.74) is 4.21. The quantitative estimate of drug-likeness (QED) is 0.773. The highest BCUT2D eigenvalue weighted by Crippen LogP contribution is 2.22. The summed E-state index contributed by atoms with van der Waals surface area (Å²) in [6.07, 6.45) is 1.70. The largest absolute Gasteiger partial charge is 0.280 e. The second-order valence-electron chi connectivity index (χ2n) is 5.92. The van der Waals surface area contributed by atoms with Crippen molar-refractivity contribution in [2.24, 2.45) is 0 Å². The SMILES string of the molecule is Cc1nccc(-c2ccc(NS(=O)(=O)c3ccc(C)c(C)c3)cc2)n1. The lowest BCUT2D eigenvalue weighted by Gasteiger charge is -2.10. The lowest BCUT2D eigenvalue weighted by Crippen LogP contribution is -2.13. The first-order valence-corrected chi connectivity index (χ1v) is 9.34. The fourth-order valence-electron chi connectivity index (χ4n) is 2.42. The van der Waals surface area contributed by atoms with Gasteiger partial charge in [-0.05, 0) is 62.2 Å². The van der Waals surface area contributed by atoms with E-state index >= 15 is 0 Å². The molecule has 1 aromatic heterocycles. The Bertz CT molecular complexity index is 1010. The van der Waals surface area contributed by atoms with E-state index < -0.39 is 10.0 Å². The Morgan fingerprint density at radius 3 is 2.24 bits per heavy atom. The standard InChI is InChI=1S/C19H19N3O2S/c1-13-4-9-18(12-14(13)2)25(23,24)22-17-7-5-16(6-8-17)19-10-11-20-15(3)21-19/h4-12,22H,1-3H3. The van der Waals surface area contributed by atoms with Crippen molar-refractivity contribution in [2.45, 2.75) is 25.7 Å². The second kappa shape index (κ2) is 6.64. The van der Waals surface area contributed by atoms with Crippen LogP contribution in [-0.4, -0.2) is 18.4 Å². The number of nitrogens with one attached hydrogen (secondary N) is 1. The van der Waals surface area contributed by atoms with Crippen molar-refractivity contribution in [1.29, 1.82) is 0 Å². The van der Waals surface area contributed by atoms with Gasteiger partial charge in [-0.3, -0.25) is 4.72 Å². The smallest absolute Gasteiger partial charge is 0.261 e. The summed E-state index contributed by atoms with van der Waals surface area (Å²) in [5, 5.41) is 0. The minimum absolute atomic E-state index is 0.256. The molecule has 2 aromatic carbocycles. The molecular formula is C19H19N3O2S. The summed E-state index contributed by atoms with van der Waals surface area (Å²) >= 11 is 0. The number of nitrogens with zero attached hydrogens (tertiary/aromatic N) is 2. The van der Waals surface area contributed by atoms with Gasteiger partial charge < -0.3 is 0 Å². The van der Waals surface area contributed by atoms with Crippen LogP contribution < -0.4 is 4.72 Å². The third kappa shape index (κ3) is 3.85. The van der Waals surface area contributed by atoms with Crippen molar-refractivity contribution in [3.63, 3.8) is 0 Å². The highest BCUT2D eigenvalue weighted by molar-refractivity contribution is 7.92. The maximum Gasteiger partial charge on any atom is 0.261 e. The first-order chi connectivity index (χ1) is 11.8. The number of aromatic nitrogens is 2. The van der Waals surface area contributed by atoms with Crippen LogP contribution in [0.1, 0.15) is 17.0 Å². The van der Waals surface area contributed by atoms with Crippen molar-refractivity contribution in [3.05, 3.63) is 71.7 Å². The molecule has 128 valence electrons. The average Bonchev–Trinajstić information content (AvgIpc) is 2.57. The molecule has 3 rings (SSSR count). The van der Waals surface area contributed by atoms with E-state index in [-0.39, 0.29) is 4.90 Å². The summed E-state index contributed by atoms with van der Waals surface area (Å²) in [6.45, 7) is 5.68. The fourth-order valence-corrected chi connectivity index (χ4v) is 3.56. The number of anilines is 1. The molecule has 1 heterocycles. The molecule has 0 aliphatic carbocycles. The minimum Gasteiger partial charge on any atom is -0.280 e. The molecule has 0 fully saturated rings. The van der Waals surface area contributed by atoms with Gasteiger partial charge in [0.25, 0.3) is 10.0 Å². The van der Waals surface area contributed by atoms with Gasteiger partial charge in [-0.15, -0.1) is 0 Å². The van der Waals surface area contributed by atoms with Gasteiger partial charge in [0, 0.05) is 17.4 Å². The Kier molecular flexibility index (Phi) is 4.55. The van der Waals surface area contributed by atoms with Crippen LogP contribution in [0.15, 0.2) is 59.6 Å². The molecule has 0 aliphatic rings. The maximum absolute atomic E-state index is 12.5. The summed E-state index contributed by atoms with van der Waals surface area (Å²) in [4.78, 5) is 8.69. The van der Waals surface area contributed by atoms with E-state index in [0.29, 0.717) is 11.5 Å². The Hall–Kier alpha value is -2.73. The molecule has 3 aromatic rings. The van der Waals surface area contributed by atoms with Crippen molar-refractivity contribution in [3.8, 4) is 11.3 Å². The lowest BCUT2D eigenvalue weighted by molar-refractivity contribution is 0.601. The number of hydrogen-bond donors (Lipinski definition) is 1. The fraction of sp³-hybridized carbons (Fsp3) is 0.158. The molecule has 0 radical (unpaired) electrons. The number of sulfonamides is 1. The van der Waals surface area contributed by atoms with Crippen LogP contribution in [0.4, 0.5) is 5.69 Å². The summed E-state index contributed by atoms with van der Waals surface area (Å²) in [5.74, 6) is 0.692. The van der Waals surface area contributed by atoms with Crippen LogP contribution in [0.25, 0.3) is 11.3 Å². The highest BCUT2D eigenvalue weighted by atomic mass is 32.2. The molecular weight excluding hydrogens is 334 g/mol. The Morgan fingerprint density at radius 1 is 0.880 bits per heavy atom. The van der Waals surface area contributed by atoms with Gasteiger partial charge in [-0.1, -0.05) is 18.2 Å². The van der Waals surface area contributed by atoms with E-state index in [1.807, 2.05) is 45.0 Å². The van der Waals surface area contributed by atoms with Crippen LogP contribution in [-0.2, 0) is 10.0 Å². The molecule has 0 amide bonds. The number of rotatable bonds is 4. The van der Waals surface area contributed by atoms with Crippen LogP contribution in [0, 0.1) is 20.8 Å². The molecule has 0 spiro atoms. The van der Waals surface area contributed by atoms with Gasteiger partial charge in [-0.2, -0.15) is 0 Å². The molecule has 0 aliphatic heterocycles. The molecule has 0 bridgehead atoms. The zero-order valence-corrected chi connectivity index (χ0v) is 15.1. The van der Waals surface area contributed by atoms with Gasteiger partial charge in [0.2, 0.25) is 0 Å². The molecule has 0 unspecified atom stereocenters. The summed E-state index contributed by atoms with van der Waals surface area (Å²) < 4.78 is 27.7. The van der Waals surface area contributed by atoms with E-state index in [4.69, 9.17) is 0 Å². The van der Waals surface area contributed by atoms with E-state index in [1.165, 1.54) is 0 Å². The van der Waals surface area contributed by atoms with Gasteiger partial charge in [0.1, 0.15) is 5.82 Å². The normalized spacial score (nSPS) is 11.3. The van der Waals surface area contributed by atoms with E-state index in [1.54, 1.807) is 30.5 Å². The molecule has 0 atom stereocenters. The topological polar surface area (TPSA) is 72.0 Å². The van der Waals surface area contributed by atoms with Crippen LogP contribution in [0.2, 0.25) is 0 Å². The first kappa shape index (κ1) is 17.1. The number of hydrogen-bond acceptors (Lipinski definition) is 4. The summed E-state index contributed by atoms with van der Waals surface area (Å²) in [6, 6.07) is 14.0. The third-order valence-corrected chi connectivity index (χ3v) is 5.38. The van der Waals surface area contributed by atoms with Gasteiger partial charge in [0.15, 0.2) is 0 Å². The first-order valence-electron chi connectivity index (χ1n) is 7.85. The third-order valence-electron chi connectivity index (χ3n) is 4.00. The Balaban J connectivity index is 1.84. The van der Waals surface area contributed by atoms with E-state index in [9.17, 15) is 8.42 Å². The Morgan fingerprint density at radius 2 is 1.60 bits per heavy atom. The number of aryl methyl sites for hydroxylation is 3. The zero-order valence-electron chi connectivity index (χ0n) is 14.3. The molecule has 6 heteroatoms. The Labute approximate surface area is 147 Å². The zero-order chi connectivity index (χ0) is 18.0. The molecule has 0 saturated carbocycles. The van der Waals surface area contributed by atoms with Crippen molar-refractivity contribution in [2.75, 3.05) is 4.72 Å². The van der Waals surface area contributed by atoms with Crippen molar-refractivity contribution < 1.29 is 8.42 Å². The molecule has 5 nitrogen and oxygen atoms in total. The highest BCUT2D eigenvalue weighted by Gasteiger charge is 2.15. The minimum atomic E-state index is -3.61. The van der Waals surface area contributed by atoms with E-state index in [2.05, 4.69) is 14.7 Å². The van der Waals surface area contributed by atoms with Gasteiger partial charge in [-0.25, -0.2) is 18.4 Å². The molecule has 1 N–H and O–H groups in total. The van der Waals surface area contributed by atoms with Crippen LogP contribution in [0.3, 0.4) is 0 Å². The van der Waals surface area contributed by atoms with Crippen molar-refractivity contribution in [1.82, 2.24) is 9.97 Å². The molecule has 0 saturated heterocycles. The second-order valence-corrected chi connectivity index (χ2v) is 7.60. The van der Waals surface area contributed by atoms with Gasteiger partial charge in [0.05, 0.1) is 10.6 Å². The predicted octanol–water partition coefficient (Wildman–Crippen LogP) is 3.87. The monoisotopic (exact) mass is 353 g/mol. The predicted molar refractivity (Wildman–Crippen MR) is 98.9 cm³/mol. The van der Waals surface area contributed by atoms with Crippen LogP contribution in [0.5, 0.6) is 0 Å². The van der Waals surface area contributed by atoms with Crippen molar-refractivity contribution >= 4 is 15.7 Å². The lowest BCUT2D eigenvalue weighted by atomic mass is 10.1. The summed E-state index contributed by atoms with van der Waals surface area (Å²) in [7, 11) is -3.61. The van der Waals surface area contributed by atoms with Gasteiger partial charge >= 0.3 is 0 Å².